The first-order valence-corrected chi connectivity index (χ1v) is 15.2. The summed E-state index contributed by atoms with van der Waals surface area (Å²) in [5.74, 6) is -0.246. The van der Waals surface area contributed by atoms with Gasteiger partial charge in [-0.1, -0.05) is 127 Å². The van der Waals surface area contributed by atoms with Crippen LogP contribution in [0.15, 0.2) is 164 Å². The Morgan fingerprint density at radius 3 is 1.33 bits per heavy atom. The molecule has 224 valence electrons. The van der Waals surface area contributed by atoms with E-state index < -0.39 is 11.5 Å². The summed E-state index contributed by atoms with van der Waals surface area (Å²) in [6.07, 6.45) is 0. The maximum atomic E-state index is 13.8. The second-order valence-electron chi connectivity index (χ2n) is 11.5. The molecule has 4 nitrogen and oxygen atoms in total. The van der Waals surface area contributed by atoms with Crippen molar-refractivity contribution in [2.45, 2.75) is 11.5 Å². The van der Waals surface area contributed by atoms with Crippen LogP contribution in [-0.4, -0.2) is 20.4 Å². The average Bonchev–Trinajstić information content (AvgIpc) is 3.10. The quantitative estimate of drug-likeness (QED) is 0.154. The molecule has 1 aliphatic rings. The normalized spacial score (nSPS) is 18.1. The lowest BCUT2D eigenvalue weighted by Crippen LogP contribution is -2.39. The van der Waals surface area contributed by atoms with Gasteiger partial charge in [-0.2, -0.15) is 0 Å². The number of allylic oxidation sites excluding steroid dienone is 2. The molecular formula is C42H32O4. The maximum absolute atomic E-state index is 13.8. The highest BCUT2D eigenvalue weighted by molar-refractivity contribution is 6.26. The highest BCUT2D eigenvalue weighted by Gasteiger charge is 2.51. The lowest BCUT2D eigenvalue weighted by Gasteiger charge is -2.47. The molecule has 1 aliphatic carbocycles. The van der Waals surface area contributed by atoms with Crippen LogP contribution in [0.1, 0.15) is 39.3 Å². The Labute approximate surface area is 268 Å². The summed E-state index contributed by atoms with van der Waals surface area (Å²) in [5, 5.41) is 44.9. The molecule has 0 spiro atoms. The van der Waals surface area contributed by atoms with Crippen LogP contribution in [0.3, 0.4) is 0 Å². The smallest absolute Gasteiger partial charge is 0.127 e. The minimum atomic E-state index is -1.63. The summed E-state index contributed by atoms with van der Waals surface area (Å²) in [5.41, 5.74) is 6.61. The molecule has 0 aromatic heterocycles. The number of rotatable bonds is 6. The molecule has 0 saturated heterocycles. The number of hydrogen-bond acceptors (Lipinski definition) is 4. The van der Waals surface area contributed by atoms with Crippen LogP contribution in [0.4, 0.5) is 0 Å². The molecule has 4 N–H and O–H groups in total. The first kappa shape index (κ1) is 28.9. The molecule has 46 heavy (non-hydrogen) atoms. The predicted octanol–water partition coefficient (Wildman–Crippen LogP) is 9.01. The molecular weight excluding hydrogens is 568 g/mol. The maximum Gasteiger partial charge on any atom is 0.127 e. The molecule has 0 amide bonds. The van der Waals surface area contributed by atoms with Gasteiger partial charge in [-0.05, 0) is 86.5 Å². The van der Waals surface area contributed by atoms with E-state index in [9.17, 15) is 20.4 Å². The third-order valence-electron chi connectivity index (χ3n) is 8.76. The second kappa shape index (κ2) is 11.9. The van der Waals surface area contributed by atoms with Crippen LogP contribution in [0.25, 0.3) is 22.3 Å². The van der Waals surface area contributed by atoms with Crippen molar-refractivity contribution in [2.75, 3.05) is 0 Å². The molecule has 7 rings (SSSR count). The number of benzene rings is 6. The Hall–Kier alpha value is -5.84. The Bertz CT molecular complexity index is 2030. The van der Waals surface area contributed by atoms with Gasteiger partial charge in [-0.3, -0.25) is 0 Å². The monoisotopic (exact) mass is 600 g/mol. The fraction of sp³-hybridized carbons (Fsp3) is 0.0476. The summed E-state index contributed by atoms with van der Waals surface area (Å²) < 4.78 is 0. The largest absolute Gasteiger partial charge is 0.508 e. The Balaban J connectivity index is 1.75. The SMILES string of the molecule is Oc1ccc(C2=C(c3ccccc3)C(c3ccc(O)cc3)C(O)(c3ccccc3)C(c3ccc(O)cc3)=C2c2ccccc2)cc1. The average molecular weight is 601 g/mol. The van der Waals surface area contributed by atoms with Crippen LogP contribution in [0.2, 0.25) is 0 Å². The Kier molecular flexibility index (Phi) is 7.49. The molecule has 0 bridgehead atoms. The van der Waals surface area contributed by atoms with Crippen LogP contribution < -0.4 is 0 Å². The van der Waals surface area contributed by atoms with E-state index in [2.05, 4.69) is 12.1 Å². The fourth-order valence-corrected chi connectivity index (χ4v) is 6.77. The molecule has 0 aliphatic heterocycles. The predicted molar refractivity (Wildman–Crippen MR) is 184 cm³/mol. The minimum absolute atomic E-state index is 0.124. The van der Waals surface area contributed by atoms with Gasteiger partial charge in [0.05, 0.1) is 0 Å². The van der Waals surface area contributed by atoms with E-state index in [0.29, 0.717) is 11.1 Å². The highest BCUT2D eigenvalue weighted by Crippen LogP contribution is 2.62. The van der Waals surface area contributed by atoms with Gasteiger partial charge in [0.15, 0.2) is 0 Å². The minimum Gasteiger partial charge on any atom is -0.508 e. The van der Waals surface area contributed by atoms with Crippen molar-refractivity contribution in [1.82, 2.24) is 0 Å². The van der Waals surface area contributed by atoms with Crippen molar-refractivity contribution >= 4 is 22.3 Å². The molecule has 2 unspecified atom stereocenters. The van der Waals surface area contributed by atoms with Crippen molar-refractivity contribution < 1.29 is 20.4 Å². The molecule has 6 aromatic rings. The summed E-state index contributed by atoms with van der Waals surface area (Å²) in [6.45, 7) is 0. The molecule has 0 heterocycles. The first-order chi connectivity index (χ1) is 22.4. The van der Waals surface area contributed by atoms with Crippen molar-refractivity contribution in [3.8, 4) is 17.2 Å². The summed E-state index contributed by atoms with van der Waals surface area (Å²) >= 11 is 0. The third kappa shape index (κ3) is 5.05. The van der Waals surface area contributed by atoms with Crippen LogP contribution in [0.5, 0.6) is 17.2 Å². The lowest BCUT2D eigenvalue weighted by atomic mass is 9.59. The van der Waals surface area contributed by atoms with Crippen molar-refractivity contribution in [2.24, 2.45) is 0 Å². The van der Waals surface area contributed by atoms with Gasteiger partial charge in [0.2, 0.25) is 0 Å². The number of aliphatic hydroxyl groups is 1. The van der Waals surface area contributed by atoms with Crippen LogP contribution in [0, 0.1) is 0 Å². The summed E-state index contributed by atoms with van der Waals surface area (Å²) in [7, 11) is 0. The van der Waals surface area contributed by atoms with Gasteiger partial charge in [-0.25, -0.2) is 0 Å². The summed E-state index contributed by atoms with van der Waals surface area (Å²) in [6, 6.07) is 51.0. The number of phenolic OH excluding ortho intramolecular Hbond substituents is 3. The summed E-state index contributed by atoms with van der Waals surface area (Å²) in [4.78, 5) is 0. The zero-order valence-electron chi connectivity index (χ0n) is 25.0. The van der Waals surface area contributed by atoms with E-state index in [1.807, 2.05) is 115 Å². The molecule has 2 atom stereocenters. The van der Waals surface area contributed by atoms with Crippen molar-refractivity contribution in [3.05, 3.63) is 197 Å². The van der Waals surface area contributed by atoms with Gasteiger partial charge in [0, 0.05) is 11.5 Å². The van der Waals surface area contributed by atoms with Crippen molar-refractivity contribution in [1.29, 1.82) is 0 Å². The van der Waals surface area contributed by atoms with E-state index in [1.54, 1.807) is 36.4 Å². The molecule has 0 saturated carbocycles. The van der Waals surface area contributed by atoms with Gasteiger partial charge in [-0.15, -0.1) is 0 Å². The highest BCUT2D eigenvalue weighted by atomic mass is 16.3. The first-order valence-electron chi connectivity index (χ1n) is 15.2. The van der Waals surface area contributed by atoms with E-state index in [4.69, 9.17) is 0 Å². The topological polar surface area (TPSA) is 80.9 Å². The van der Waals surface area contributed by atoms with Crippen molar-refractivity contribution in [3.63, 3.8) is 0 Å². The van der Waals surface area contributed by atoms with Gasteiger partial charge in [0.1, 0.15) is 22.8 Å². The van der Waals surface area contributed by atoms with Crippen LogP contribution >= 0.6 is 0 Å². The molecule has 6 aromatic carbocycles. The standard InChI is InChI=1S/C42H32O4/c43-34-22-16-30(17-23-34)37-38(28-10-4-1-5-11-28)40(31-18-24-35(44)25-19-31)42(46,33-14-8-3-9-15-33)41(32-20-26-36(45)27-21-32)39(37)29-12-6-2-7-13-29/h1-27,40,43-46H. The van der Waals surface area contributed by atoms with E-state index in [-0.39, 0.29) is 17.2 Å². The van der Waals surface area contributed by atoms with Gasteiger partial charge < -0.3 is 20.4 Å². The van der Waals surface area contributed by atoms with E-state index in [0.717, 1.165) is 44.5 Å². The van der Waals surface area contributed by atoms with Gasteiger partial charge in [0.25, 0.3) is 0 Å². The zero-order chi connectivity index (χ0) is 31.7. The fourth-order valence-electron chi connectivity index (χ4n) is 6.77. The van der Waals surface area contributed by atoms with Gasteiger partial charge >= 0.3 is 0 Å². The number of hydrogen-bond donors (Lipinski definition) is 4. The third-order valence-corrected chi connectivity index (χ3v) is 8.76. The van der Waals surface area contributed by atoms with Crippen LogP contribution in [-0.2, 0) is 5.60 Å². The van der Waals surface area contributed by atoms with E-state index in [1.165, 1.54) is 0 Å². The Morgan fingerprint density at radius 2 is 0.804 bits per heavy atom. The molecule has 0 fully saturated rings. The number of phenols is 3. The zero-order valence-corrected chi connectivity index (χ0v) is 25.0. The number of aromatic hydroxyl groups is 3. The Morgan fingerprint density at radius 1 is 0.391 bits per heavy atom. The molecule has 4 heteroatoms. The van der Waals surface area contributed by atoms with E-state index >= 15 is 0 Å². The lowest BCUT2D eigenvalue weighted by molar-refractivity contribution is 0.0874. The second-order valence-corrected chi connectivity index (χ2v) is 11.5. The molecule has 0 radical (unpaired) electrons.